The van der Waals surface area contributed by atoms with E-state index in [4.69, 9.17) is 0 Å². The number of aryl methyl sites for hydroxylation is 1. The highest BCUT2D eigenvalue weighted by molar-refractivity contribution is 9.11. The molecule has 0 aliphatic carbocycles. The van der Waals surface area contributed by atoms with Gasteiger partial charge in [0, 0.05) is 29.2 Å². The van der Waals surface area contributed by atoms with Crippen molar-refractivity contribution in [3.8, 4) is 11.4 Å². The summed E-state index contributed by atoms with van der Waals surface area (Å²) in [4.78, 5) is 9.18. The van der Waals surface area contributed by atoms with Crippen LogP contribution >= 0.6 is 27.3 Å². The van der Waals surface area contributed by atoms with Crippen LogP contribution in [0.3, 0.4) is 0 Å². The molecular weight excluding hydrogens is 310 g/mol. The van der Waals surface area contributed by atoms with Crippen LogP contribution in [-0.2, 0) is 6.42 Å². The summed E-state index contributed by atoms with van der Waals surface area (Å²) >= 11 is 5.13. The van der Waals surface area contributed by atoms with Gasteiger partial charge in [-0.1, -0.05) is 13.3 Å². The number of aromatic nitrogens is 2. The fourth-order valence-corrected chi connectivity index (χ4v) is 2.84. The van der Waals surface area contributed by atoms with E-state index in [1.165, 1.54) is 0 Å². The first-order valence-corrected chi connectivity index (χ1v) is 7.76. The van der Waals surface area contributed by atoms with Crippen LogP contribution in [0.4, 0.5) is 5.82 Å². The largest absolute Gasteiger partial charge is 0.370 e. The van der Waals surface area contributed by atoms with Crippen molar-refractivity contribution in [3.05, 3.63) is 27.0 Å². The second kappa shape index (κ2) is 6.29. The maximum absolute atomic E-state index is 4.62. The zero-order valence-electron chi connectivity index (χ0n) is 10.5. The van der Waals surface area contributed by atoms with Gasteiger partial charge in [0.05, 0.1) is 3.79 Å². The fourth-order valence-electron chi connectivity index (χ4n) is 1.71. The average Bonchev–Trinajstić information content (AvgIpc) is 2.76. The lowest BCUT2D eigenvalue weighted by Crippen LogP contribution is -2.03. The molecule has 0 spiro atoms. The maximum atomic E-state index is 4.62. The number of nitrogens with one attached hydrogen (secondary N) is 1. The molecule has 2 aromatic heterocycles. The number of hydrogen-bond acceptors (Lipinski definition) is 4. The van der Waals surface area contributed by atoms with Gasteiger partial charge in [-0.2, -0.15) is 0 Å². The Morgan fingerprint density at radius 3 is 2.72 bits per heavy atom. The van der Waals surface area contributed by atoms with Crippen molar-refractivity contribution in [2.45, 2.75) is 26.7 Å². The van der Waals surface area contributed by atoms with Crippen LogP contribution in [0, 0.1) is 0 Å². The Morgan fingerprint density at radius 2 is 2.11 bits per heavy atom. The molecular formula is C13H16BrN3S. The number of rotatable bonds is 5. The van der Waals surface area contributed by atoms with Gasteiger partial charge in [-0.05, 0) is 35.3 Å². The molecule has 0 aromatic carbocycles. The summed E-state index contributed by atoms with van der Waals surface area (Å²) in [7, 11) is 0. The molecule has 3 nitrogen and oxygen atoms in total. The van der Waals surface area contributed by atoms with E-state index in [0.717, 1.165) is 46.1 Å². The zero-order chi connectivity index (χ0) is 13.0. The van der Waals surface area contributed by atoms with Gasteiger partial charge in [0.1, 0.15) is 5.82 Å². The molecule has 0 fully saturated rings. The lowest BCUT2D eigenvalue weighted by atomic mass is 10.2. The van der Waals surface area contributed by atoms with Crippen LogP contribution in [-0.4, -0.2) is 16.5 Å². The van der Waals surface area contributed by atoms with Crippen molar-refractivity contribution in [2.24, 2.45) is 0 Å². The minimum Gasteiger partial charge on any atom is -0.370 e. The van der Waals surface area contributed by atoms with E-state index in [0.29, 0.717) is 0 Å². The third kappa shape index (κ3) is 3.29. The Hall–Kier alpha value is -0.940. The first-order valence-electron chi connectivity index (χ1n) is 6.09. The van der Waals surface area contributed by atoms with Crippen molar-refractivity contribution in [1.82, 2.24) is 9.97 Å². The molecule has 18 heavy (non-hydrogen) atoms. The molecule has 1 N–H and O–H groups in total. The Morgan fingerprint density at radius 1 is 1.28 bits per heavy atom. The van der Waals surface area contributed by atoms with Crippen LogP contribution in [0.25, 0.3) is 11.4 Å². The molecule has 2 heterocycles. The van der Waals surface area contributed by atoms with E-state index in [9.17, 15) is 0 Å². The smallest absolute Gasteiger partial charge is 0.162 e. The molecule has 0 radical (unpaired) electrons. The molecule has 5 heteroatoms. The first-order chi connectivity index (χ1) is 8.72. The Kier molecular flexibility index (Phi) is 4.72. The third-order valence-electron chi connectivity index (χ3n) is 2.47. The van der Waals surface area contributed by atoms with E-state index >= 15 is 0 Å². The van der Waals surface area contributed by atoms with Crippen LogP contribution in [0.15, 0.2) is 21.3 Å². The van der Waals surface area contributed by atoms with E-state index < -0.39 is 0 Å². The second-order valence-corrected chi connectivity index (χ2v) is 6.28. The molecule has 0 saturated heterocycles. The van der Waals surface area contributed by atoms with Crippen molar-refractivity contribution >= 4 is 33.1 Å². The predicted octanol–water partition coefficient (Wildman–Crippen LogP) is 4.35. The van der Waals surface area contributed by atoms with Gasteiger partial charge >= 0.3 is 0 Å². The van der Waals surface area contributed by atoms with Gasteiger partial charge in [-0.15, -0.1) is 11.3 Å². The SMILES string of the molecule is CCCc1cc(NCC)nc(-c2csc(Br)c2)n1. The summed E-state index contributed by atoms with van der Waals surface area (Å²) in [6.07, 6.45) is 2.08. The molecule has 2 rings (SSSR count). The summed E-state index contributed by atoms with van der Waals surface area (Å²) in [5, 5.41) is 5.34. The maximum Gasteiger partial charge on any atom is 0.162 e. The molecule has 0 bridgehead atoms. The van der Waals surface area contributed by atoms with Crippen LogP contribution < -0.4 is 5.32 Å². The summed E-state index contributed by atoms with van der Waals surface area (Å²) < 4.78 is 1.10. The van der Waals surface area contributed by atoms with E-state index in [1.54, 1.807) is 11.3 Å². The predicted molar refractivity (Wildman–Crippen MR) is 81.2 cm³/mol. The van der Waals surface area contributed by atoms with Gasteiger partial charge in [-0.25, -0.2) is 9.97 Å². The molecule has 0 saturated carbocycles. The van der Waals surface area contributed by atoms with Crippen molar-refractivity contribution in [3.63, 3.8) is 0 Å². The lowest BCUT2D eigenvalue weighted by Gasteiger charge is -2.07. The topological polar surface area (TPSA) is 37.8 Å². The van der Waals surface area contributed by atoms with E-state index in [1.807, 2.05) is 6.07 Å². The molecule has 2 aromatic rings. The summed E-state index contributed by atoms with van der Waals surface area (Å²) in [6, 6.07) is 4.10. The first kappa shape index (κ1) is 13.5. The van der Waals surface area contributed by atoms with Gasteiger partial charge in [0.15, 0.2) is 5.82 Å². The highest BCUT2D eigenvalue weighted by atomic mass is 79.9. The van der Waals surface area contributed by atoms with Crippen LogP contribution in [0.2, 0.25) is 0 Å². The normalized spacial score (nSPS) is 10.6. The van der Waals surface area contributed by atoms with E-state index in [-0.39, 0.29) is 0 Å². The van der Waals surface area contributed by atoms with Gasteiger partial charge in [0.2, 0.25) is 0 Å². The highest BCUT2D eigenvalue weighted by Crippen LogP contribution is 2.27. The van der Waals surface area contributed by atoms with Crippen LogP contribution in [0.5, 0.6) is 0 Å². The van der Waals surface area contributed by atoms with Gasteiger partial charge < -0.3 is 5.32 Å². The van der Waals surface area contributed by atoms with Crippen molar-refractivity contribution in [1.29, 1.82) is 0 Å². The Bertz CT molecular complexity index is 500. The van der Waals surface area contributed by atoms with Crippen molar-refractivity contribution < 1.29 is 0 Å². The molecule has 0 aliphatic rings. The van der Waals surface area contributed by atoms with Crippen molar-refractivity contribution in [2.75, 3.05) is 11.9 Å². The monoisotopic (exact) mass is 325 g/mol. The Balaban J connectivity index is 2.39. The standard InChI is InChI=1S/C13H16BrN3S/c1-3-5-10-7-12(15-4-2)17-13(16-10)9-6-11(14)18-8-9/h6-8H,3-5H2,1-2H3,(H,15,16,17). The average molecular weight is 326 g/mol. The third-order valence-corrected chi connectivity index (χ3v) is 3.97. The molecule has 0 aliphatic heterocycles. The summed E-state index contributed by atoms with van der Waals surface area (Å²) in [5.41, 5.74) is 2.17. The Labute approximate surface area is 120 Å². The van der Waals surface area contributed by atoms with Crippen LogP contribution in [0.1, 0.15) is 26.0 Å². The molecule has 96 valence electrons. The minimum absolute atomic E-state index is 0.804. The minimum atomic E-state index is 0.804. The van der Waals surface area contributed by atoms with Gasteiger partial charge in [0.25, 0.3) is 0 Å². The second-order valence-electron chi connectivity index (χ2n) is 3.99. The molecule has 0 atom stereocenters. The number of thiophene rings is 1. The highest BCUT2D eigenvalue weighted by Gasteiger charge is 2.08. The van der Waals surface area contributed by atoms with Gasteiger partial charge in [-0.3, -0.25) is 0 Å². The lowest BCUT2D eigenvalue weighted by molar-refractivity contribution is 0.875. The molecule has 0 unspecified atom stereocenters. The number of hydrogen-bond donors (Lipinski definition) is 1. The molecule has 0 amide bonds. The number of halogens is 1. The fraction of sp³-hybridized carbons (Fsp3) is 0.385. The zero-order valence-corrected chi connectivity index (χ0v) is 12.9. The number of nitrogens with zero attached hydrogens (tertiary/aromatic N) is 2. The summed E-state index contributed by atoms with van der Waals surface area (Å²) in [5.74, 6) is 1.71. The summed E-state index contributed by atoms with van der Waals surface area (Å²) in [6.45, 7) is 5.10. The van der Waals surface area contributed by atoms with E-state index in [2.05, 4.69) is 56.5 Å². The quantitative estimate of drug-likeness (QED) is 0.887. The number of anilines is 1.